The van der Waals surface area contributed by atoms with Crippen molar-refractivity contribution >= 4 is 33.9 Å². The lowest BCUT2D eigenvalue weighted by atomic mass is 9.90. The number of rotatable bonds is 8. The lowest BCUT2D eigenvalue weighted by Gasteiger charge is -2.21. The van der Waals surface area contributed by atoms with Crippen molar-refractivity contribution in [3.05, 3.63) is 57.0 Å². The van der Waals surface area contributed by atoms with Gasteiger partial charge in [0.15, 0.2) is 0 Å². The molecule has 1 aromatic carbocycles. The Morgan fingerprint density at radius 2 is 2.09 bits per heavy atom. The molecule has 1 saturated carbocycles. The Morgan fingerprint density at radius 1 is 1.32 bits per heavy atom. The molecule has 1 aliphatic carbocycles. The van der Waals surface area contributed by atoms with Crippen molar-refractivity contribution in [1.82, 2.24) is 15.3 Å². The molecule has 1 amide bonds. The molecule has 1 fully saturated rings. The van der Waals surface area contributed by atoms with E-state index in [-0.39, 0.29) is 17.9 Å². The Bertz CT molecular complexity index is 1150. The van der Waals surface area contributed by atoms with Crippen LogP contribution in [-0.2, 0) is 22.7 Å². The minimum atomic E-state index is -0.426. The zero-order chi connectivity index (χ0) is 24.3. The number of ether oxygens (including phenoxy) is 2. The highest BCUT2D eigenvalue weighted by Gasteiger charge is 2.17. The van der Waals surface area contributed by atoms with Gasteiger partial charge in [-0.15, -0.1) is 11.3 Å². The van der Waals surface area contributed by atoms with Crippen LogP contribution < -0.4 is 15.6 Å². The first-order chi connectivity index (χ1) is 16.5. The third-order valence-corrected chi connectivity index (χ3v) is 6.58. The van der Waals surface area contributed by atoms with Crippen LogP contribution in [0.4, 0.5) is 0 Å². The number of hydrogen-bond donors (Lipinski definition) is 3. The van der Waals surface area contributed by atoms with Crippen LogP contribution in [-0.4, -0.2) is 41.2 Å². The fraction of sp³-hybridized carbons (Fsp3) is 0.417. The number of carbonyl (C=O) groups excluding carboxylic acids is 1. The van der Waals surface area contributed by atoms with Gasteiger partial charge < -0.3 is 24.9 Å². The second kappa shape index (κ2) is 12.9. The van der Waals surface area contributed by atoms with E-state index in [2.05, 4.69) is 15.3 Å². The first-order valence-corrected chi connectivity index (χ1v) is 12.0. The number of nitrogens with one attached hydrogen (secondary N) is 2. The highest BCUT2D eigenvalue weighted by atomic mass is 32.1. The summed E-state index contributed by atoms with van der Waals surface area (Å²) in [7, 11) is 1.60. The summed E-state index contributed by atoms with van der Waals surface area (Å²) in [6.45, 7) is 1.18. The fourth-order valence-electron chi connectivity index (χ4n) is 3.96. The summed E-state index contributed by atoms with van der Waals surface area (Å²) in [5, 5.41) is 12.1. The van der Waals surface area contributed by atoms with Gasteiger partial charge in [-0.05, 0) is 41.8 Å². The van der Waals surface area contributed by atoms with Crippen LogP contribution in [0.25, 0.3) is 10.2 Å². The Morgan fingerprint density at radius 3 is 2.82 bits per heavy atom. The summed E-state index contributed by atoms with van der Waals surface area (Å²) in [5.74, 6) is 0.925. The number of carbonyl (C=O) groups is 2. The predicted molar refractivity (Wildman–Crippen MR) is 129 cm³/mol. The number of hydrogen-bond acceptors (Lipinski definition) is 7. The zero-order valence-corrected chi connectivity index (χ0v) is 19.9. The molecule has 0 atom stereocenters. The molecule has 0 aliphatic heterocycles. The second-order valence-electron chi connectivity index (χ2n) is 8.01. The minimum Gasteiger partial charge on any atom is -0.497 e. The van der Waals surface area contributed by atoms with Crippen molar-refractivity contribution in [2.45, 2.75) is 45.3 Å². The molecule has 0 radical (unpaired) electrons. The van der Waals surface area contributed by atoms with Gasteiger partial charge in [0, 0.05) is 18.7 Å². The van der Waals surface area contributed by atoms with Gasteiger partial charge >= 0.3 is 0 Å². The fourth-order valence-corrected chi connectivity index (χ4v) is 4.88. The first-order valence-electron chi connectivity index (χ1n) is 11.1. The molecule has 182 valence electrons. The van der Waals surface area contributed by atoms with E-state index >= 15 is 0 Å². The predicted octanol–water partition coefficient (Wildman–Crippen LogP) is 3.72. The SMILES string of the molecule is COc1cccc(CNC(=O)c2nc3scc(COCC4CCCCC4)c3c(=O)[nH]2)c1.O=CO. The molecule has 34 heavy (non-hydrogen) atoms. The van der Waals surface area contributed by atoms with Crippen LogP contribution >= 0.6 is 11.3 Å². The molecule has 1 aliphatic rings. The van der Waals surface area contributed by atoms with Crippen molar-refractivity contribution < 1.29 is 24.2 Å². The van der Waals surface area contributed by atoms with Crippen LogP contribution in [0.5, 0.6) is 5.75 Å². The summed E-state index contributed by atoms with van der Waals surface area (Å²) in [4.78, 5) is 41.1. The number of thiophene rings is 1. The van der Waals surface area contributed by atoms with Gasteiger partial charge in [0.2, 0.25) is 5.82 Å². The Labute approximate surface area is 201 Å². The molecule has 0 saturated heterocycles. The first kappa shape index (κ1) is 25.4. The minimum absolute atomic E-state index is 0.0110. The van der Waals surface area contributed by atoms with E-state index < -0.39 is 5.91 Å². The number of aromatic amines is 1. The third-order valence-electron chi connectivity index (χ3n) is 5.66. The molecule has 2 heterocycles. The summed E-state index contributed by atoms with van der Waals surface area (Å²) in [5.41, 5.74) is 1.41. The van der Waals surface area contributed by atoms with Crippen molar-refractivity contribution in [1.29, 1.82) is 0 Å². The molecule has 3 N–H and O–H groups in total. The van der Waals surface area contributed by atoms with Crippen LogP contribution in [0.15, 0.2) is 34.4 Å². The van der Waals surface area contributed by atoms with Crippen LogP contribution in [0.2, 0.25) is 0 Å². The molecule has 2 aromatic heterocycles. The monoisotopic (exact) mass is 487 g/mol. The zero-order valence-electron chi connectivity index (χ0n) is 19.0. The highest BCUT2D eigenvalue weighted by molar-refractivity contribution is 7.16. The van der Waals surface area contributed by atoms with Gasteiger partial charge in [0.25, 0.3) is 17.9 Å². The number of methoxy groups -OCH3 is 1. The normalized spacial score (nSPS) is 13.7. The smallest absolute Gasteiger partial charge is 0.290 e. The van der Waals surface area contributed by atoms with Crippen LogP contribution in [0.3, 0.4) is 0 Å². The topological polar surface area (TPSA) is 131 Å². The van der Waals surface area contributed by atoms with Crippen molar-refractivity contribution in [3.63, 3.8) is 0 Å². The largest absolute Gasteiger partial charge is 0.497 e. The average molecular weight is 488 g/mol. The highest BCUT2D eigenvalue weighted by Crippen LogP contribution is 2.25. The molecule has 4 rings (SSSR count). The van der Waals surface area contributed by atoms with Gasteiger partial charge in [0.05, 0.1) is 19.1 Å². The molecule has 0 unspecified atom stereocenters. The summed E-state index contributed by atoms with van der Waals surface area (Å²) >= 11 is 1.36. The van der Waals surface area contributed by atoms with Gasteiger partial charge in [-0.2, -0.15) is 0 Å². The number of carboxylic acid groups (broad SMARTS) is 1. The van der Waals surface area contributed by atoms with E-state index in [9.17, 15) is 9.59 Å². The van der Waals surface area contributed by atoms with Crippen molar-refractivity contribution in [2.75, 3.05) is 13.7 Å². The maximum atomic E-state index is 12.7. The van der Waals surface area contributed by atoms with Crippen LogP contribution in [0.1, 0.15) is 53.8 Å². The quantitative estimate of drug-likeness (QED) is 0.413. The van der Waals surface area contributed by atoms with Crippen molar-refractivity contribution in [2.24, 2.45) is 5.92 Å². The molecule has 3 aromatic rings. The molecular weight excluding hydrogens is 458 g/mol. The number of nitrogens with zero attached hydrogens (tertiary/aromatic N) is 1. The maximum Gasteiger partial charge on any atom is 0.290 e. The third kappa shape index (κ3) is 6.88. The Kier molecular flexibility index (Phi) is 9.60. The van der Waals surface area contributed by atoms with Gasteiger partial charge in [0.1, 0.15) is 10.6 Å². The number of amides is 1. The lowest BCUT2D eigenvalue weighted by Crippen LogP contribution is -2.27. The maximum absolute atomic E-state index is 12.7. The number of aromatic nitrogens is 2. The molecule has 10 heteroatoms. The van der Waals surface area contributed by atoms with E-state index in [1.807, 2.05) is 29.6 Å². The molecule has 9 nitrogen and oxygen atoms in total. The number of fused-ring (bicyclic) bond motifs is 1. The van der Waals surface area contributed by atoms with E-state index in [0.717, 1.165) is 23.5 Å². The summed E-state index contributed by atoms with van der Waals surface area (Å²) < 4.78 is 11.1. The number of H-pyrrole nitrogens is 1. The Hall–Kier alpha value is -3.24. The Balaban J connectivity index is 0.00000103. The summed E-state index contributed by atoms with van der Waals surface area (Å²) in [6.07, 6.45) is 6.33. The van der Waals surface area contributed by atoms with Gasteiger partial charge in [-0.1, -0.05) is 31.4 Å². The van der Waals surface area contributed by atoms with Gasteiger partial charge in [-0.25, -0.2) is 4.98 Å². The number of benzene rings is 1. The average Bonchev–Trinajstić information content (AvgIpc) is 3.27. The molecular formula is C24H29N3O6S. The van der Waals surface area contributed by atoms with Crippen molar-refractivity contribution in [3.8, 4) is 5.75 Å². The van der Waals surface area contributed by atoms with E-state index in [1.54, 1.807) is 7.11 Å². The van der Waals surface area contributed by atoms with E-state index in [1.165, 1.54) is 43.4 Å². The summed E-state index contributed by atoms with van der Waals surface area (Å²) in [6, 6.07) is 7.43. The molecule has 0 bridgehead atoms. The van der Waals surface area contributed by atoms with E-state index in [4.69, 9.17) is 19.4 Å². The standard InChI is InChI=1S/C23H27N3O4S.CH2O2/c1-29-18-9-5-8-16(10-18)11-24-22(28)20-25-21(27)19-17(14-31-23(19)26-20)13-30-12-15-6-3-2-4-7-15;2-1-3/h5,8-10,14-15H,2-4,6-7,11-13H2,1H3,(H,24,28)(H,25,26,27);1H,(H,2,3). The van der Waals surface area contributed by atoms with Gasteiger partial charge in [-0.3, -0.25) is 14.4 Å². The lowest BCUT2D eigenvalue weighted by molar-refractivity contribution is -0.122. The van der Waals surface area contributed by atoms with E-state index in [0.29, 0.717) is 29.3 Å². The second-order valence-corrected chi connectivity index (χ2v) is 8.87. The molecule has 0 spiro atoms. The van der Waals surface area contributed by atoms with Crippen LogP contribution in [0, 0.1) is 5.92 Å².